The van der Waals surface area contributed by atoms with Crippen molar-refractivity contribution < 1.29 is 10.2 Å². The molecule has 0 radical (unpaired) electrons. The van der Waals surface area contributed by atoms with Crippen molar-refractivity contribution in [1.82, 2.24) is 9.97 Å². The minimum absolute atomic E-state index is 0.242. The Balaban J connectivity index is 2.18. The number of aromatic nitrogens is 2. The fraction of sp³-hybridized carbons (Fsp3) is 0.400. The lowest BCUT2D eigenvalue weighted by atomic mass is 10.1. The predicted octanol–water partition coefficient (Wildman–Crippen LogP) is 0.846. The Bertz CT molecular complexity index is 484. The lowest BCUT2D eigenvalue weighted by Crippen LogP contribution is -2.37. The fourth-order valence-corrected chi connectivity index (χ4v) is 1.99. The summed E-state index contributed by atoms with van der Waals surface area (Å²) in [6, 6.07) is 1.93. The van der Waals surface area contributed by atoms with Gasteiger partial charge >= 0.3 is 0 Å². The minimum Gasteiger partial charge on any atom is -0.393 e. The van der Waals surface area contributed by atoms with Gasteiger partial charge in [-0.3, -0.25) is 0 Å². The van der Waals surface area contributed by atoms with E-state index < -0.39 is 5.60 Å². The van der Waals surface area contributed by atoms with E-state index in [1.807, 2.05) is 11.4 Å². The molecule has 2 heterocycles. The van der Waals surface area contributed by atoms with E-state index in [2.05, 4.69) is 15.3 Å². The van der Waals surface area contributed by atoms with E-state index in [0.717, 1.165) is 10.2 Å². The van der Waals surface area contributed by atoms with Gasteiger partial charge in [0.05, 0.1) is 12.0 Å². The number of aliphatic hydroxyl groups excluding tert-OH is 1. The van der Waals surface area contributed by atoms with Crippen LogP contribution in [0.2, 0.25) is 0 Å². The summed E-state index contributed by atoms with van der Waals surface area (Å²) in [4.78, 5) is 9.13. The quantitative estimate of drug-likeness (QED) is 0.737. The molecule has 86 valence electrons. The van der Waals surface area contributed by atoms with Gasteiger partial charge < -0.3 is 15.5 Å². The first-order chi connectivity index (χ1) is 7.62. The molecule has 6 heteroatoms. The first-order valence-electron chi connectivity index (χ1n) is 4.88. The van der Waals surface area contributed by atoms with Gasteiger partial charge in [-0.05, 0) is 18.4 Å². The highest BCUT2D eigenvalue weighted by atomic mass is 32.1. The Labute approximate surface area is 96.8 Å². The van der Waals surface area contributed by atoms with E-state index >= 15 is 0 Å². The van der Waals surface area contributed by atoms with Crippen molar-refractivity contribution in [2.45, 2.75) is 12.5 Å². The van der Waals surface area contributed by atoms with E-state index in [4.69, 9.17) is 5.11 Å². The van der Waals surface area contributed by atoms with Crippen LogP contribution in [0.15, 0.2) is 17.8 Å². The smallest absolute Gasteiger partial charge is 0.138 e. The molecule has 0 aromatic carbocycles. The van der Waals surface area contributed by atoms with Gasteiger partial charge in [0.1, 0.15) is 22.6 Å². The second-order valence-corrected chi connectivity index (χ2v) is 4.76. The molecule has 0 spiro atoms. The molecular weight excluding hydrogens is 226 g/mol. The van der Waals surface area contributed by atoms with Crippen LogP contribution < -0.4 is 5.32 Å². The van der Waals surface area contributed by atoms with Gasteiger partial charge in [-0.25, -0.2) is 9.97 Å². The summed E-state index contributed by atoms with van der Waals surface area (Å²) in [6.07, 6.45) is 1.48. The number of thiophene rings is 1. The van der Waals surface area contributed by atoms with Crippen LogP contribution in [-0.4, -0.2) is 38.9 Å². The van der Waals surface area contributed by atoms with Crippen molar-refractivity contribution in [2.75, 3.05) is 18.5 Å². The molecule has 1 unspecified atom stereocenters. The fourth-order valence-electron chi connectivity index (χ4n) is 1.26. The molecule has 0 bridgehead atoms. The second-order valence-electron chi connectivity index (χ2n) is 3.87. The molecule has 0 aliphatic rings. The van der Waals surface area contributed by atoms with E-state index in [1.54, 1.807) is 6.92 Å². The predicted molar refractivity (Wildman–Crippen MR) is 63.6 cm³/mol. The van der Waals surface area contributed by atoms with Crippen LogP contribution in [-0.2, 0) is 0 Å². The normalized spacial score (nSPS) is 14.9. The van der Waals surface area contributed by atoms with E-state index in [0.29, 0.717) is 5.82 Å². The molecule has 0 saturated carbocycles. The van der Waals surface area contributed by atoms with Gasteiger partial charge in [0.2, 0.25) is 0 Å². The van der Waals surface area contributed by atoms with E-state index in [-0.39, 0.29) is 13.2 Å². The number of nitrogens with one attached hydrogen (secondary N) is 1. The van der Waals surface area contributed by atoms with E-state index in [9.17, 15) is 5.11 Å². The van der Waals surface area contributed by atoms with Crippen molar-refractivity contribution >= 4 is 27.4 Å². The Morgan fingerprint density at radius 2 is 2.31 bits per heavy atom. The maximum atomic E-state index is 9.65. The SMILES string of the molecule is CC(O)(CO)CNc1ncnc2sccc12. The summed E-state index contributed by atoms with van der Waals surface area (Å²) in [5.41, 5.74) is -1.15. The van der Waals surface area contributed by atoms with Crippen LogP contribution in [0.3, 0.4) is 0 Å². The van der Waals surface area contributed by atoms with Crippen LogP contribution in [0.5, 0.6) is 0 Å². The first kappa shape index (κ1) is 11.3. The molecular formula is C10H13N3O2S. The van der Waals surface area contributed by atoms with Crippen molar-refractivity contribution in [3.8, 4) is 0 Å². The molecule has 1 atom stereocenters. The number of anilines is 1. The maximum absolute atomic E-state index is 9.65. The average Bonchev–Trinajstić information content (AvgIpc) is 2.75. The summed E-state index contributed by atoms with van der Waals surface area (Å²) in [6.45, 7) is 1.51. The van der Waals surface area contributed by atoms with Crippen molar-refractivity contribution in [3.05, 3.63) is 17.8 Å². The molecule has 0 aliphatic carbocycles. The average molecular weight is 239 g/mol. The van der Waals surface area contributed by atoms with Crippen molar-refractivity contribution in [1.29, 1.82) is 0 Å². The van der Waals surface area contributed by atoms with Gasteiger partial charge in [0.25, 0.3) is 0 Å². The molecule has 0 saturated heterocycles. The summed E-state index contributed by atoms with van der Waals surface area (Å²) in [5, 5.41) is 24.5. The Morgan fingerprint density at radius 1 is 1.50 bits per heavy atom. The Hall–Kier alpha value is -1.24. The molecule has 0 fully saturated rings. The number of rotatable bonds is 4. The van der Waals surface area contributed by atoms with Crippen LogP contribution in [0.25, 0.3) is 10.2 Å². The van der Waals surface area contributed by atoms with Gasteiger partial charge in [0, 0.05) is 6.54 Å². The zero-order chi connectivity index (χ0) is 11.6. The van der Waals surface area contributed by atoms with Gasteiger partial charge in [-0.1, -0.05) is 0 Å². The molecule has 0 amide bonds. The van der Waals surface area contributed by atoms with Crippen molar-refractivity contribution in [2.24, 2.45) is 0 Å². The van der Waals surface area contributed by atoms with Gasteiger partial charge in [-0.2, -0.15) is 0 Å². The summed E-state index contributed by atoms with van der Waals surface area (Å²) >= 11 is 1.54. The summed E-state index contributed by atoms with van der Waals surface area (Å²) in [7, 11) is 0. The van der Waals surface area contributed by atoms with Crippen LogP contribution in [0.4, 0.5) is 5.82 Å². The molecule has 3 N–H and O–H groups in total. The Kier molecular flexibility index (Phi) is 3.04. The zero-order valence-electron chi connectivity index (χ0n) is 8.84. The highest BCUT2D eigenvalue weighted by Crippen LogP contribution is 2.23. The number of hydrogen-bond donors (Lipinski definition) is 3. The third kappa shape index (κ3) is 2.29. The highest BCUT2D eigenvalue weighted by Gasteiger charge is 2.19. The van der Waals surface area contributed by atoms with E-state index in [1.165, 1.54) is 17.7 Å². The molecule has 5 nitrogen and oxygen atoms in total. The highest BCUT2D eigenvalue weighted by molar-refractivity contribution is 7.16. The molecule has 2 aromatic heterocycles. The Morgan fingerprint density at radius 3 is 3.06 bits per heavy atom. The van der Waals surface area contributed by atoms with Gasteiger partial charge in [-0.15, -0.1) is 11.3 Å². The van der Waals surface area contributed by atoms with Gasteiger partial charge in [0.15, 0.2) is 0 Å². The summed E-state index contributed by atoms with van der Waals surface area (Å²) in [5.74, 6) is 0.681. The minimum atomic E-state index is -1.15. The van der Waals surface area contributed by atoms with Crippen molar-refractivity contribution in [3.63, 3.8) is 0 Å². The largest absolute Gasteiger partial charge is 0.393 e. The number of fused-ring (bicyclic) bond motifs is 1. The molecule has 16 heavy (non-hydrogen) atoms. The third-order valence-electron chi connectivity index (χ3n) is 2.24. The zero-order valence-corrected chi connectivity index (χ0v) is 9.66. The lowest BCUT2D eigenvalue weighted by Gasteiger charge is -2.20. The third-order valence-corrected chi connectivity index (χ3v) is 3.06. The van der Waals surface area contributed by atoms with Crippen LogP contribution in [0, 0.1) is 0 Å². The molecule has 2 rings (SSSR count). The topological polar surface area (TPSA) is 78.3 Å². The van der Waals surface area contributed by atoms with Crippen LogP contribution in [0.1, 0.15) is 6.92 Å². The van der Waals surface area contributed by atoms with Crippen LogP contribution >= 0.6 is 11.3 Å². The second kappa shape index (κ2) is 4.32. The maximum Gasteiger partial charge on any atom is 0.138 e. The summed E-state index contributed by atoms with van der Waals surface area (Å²) < 4.78 is 0. The number of hydrogen-bond acceptors (Lipinski definition) is 6. The molecule has 2 aromatic rings. The first-order valence-corrected chi connectivity index (χ1v) is 5.76. The molecule has 0 aliphatic heterocycles. The number of nitrogens with zero attached hydrogens (tertiary/aromatic N) is 2. The standard InChI is InChI=1S/C10H13N3O2S/c1-10(15,5-14)4-11-8-7-2-3-16-9(7)13-6-12-8/h2-3,6,14-15H,4-5H2,1H3,(H,11,12,13). The monoisotopic (exact) mass is 239 g/mol. The lowest BCUT2D eigenvalue weighted by molar-refractivity contribution is 0.0132. The number of aliphatic hydroxyl groups is 2.